The predicted molar refractivity (Wildman–Crippen MR) is 72.3 cm³/mol. The zero-order valence-electron chi connectivity index (χ0n) is 7.54. The second-order valence-corrected chi connectivity index (χ2v) is 9.77. The second-order valence-electron chi connectivity index (χ2n) is 2.46. The molecule has 9 heteroatoms. The second kappa shape index (κ2) is 9.02. The standard InChI is InChI=1S/C6H10Cl5O2PS/c7-5(8)1-3-12-14(11,15)13-4-2-6(9)10/h5-6H,1-4H2. The van der Waals surface area contributed by atoms with Crippen LogP contribution in [0.4, 0.5) is 0 Å². The fraction of sp³-hybridized carbons (Fsp3) is 1.00. The molecule has 0 saturated carbocycles. The molecule has 2 nitrogen and oxygen atoms in total. The van der Waals surface area contributed by atoms with Crippen molar-refractivity contribution in [2.24, 2.45) is 0 Å². The van der Waals surface area contributed by atoms with Crippen molar-refractivity contribution in [1.82, 2.24) is 0 Å². The molecule has 15 heavy (non-hydrogen) atoms. The lowest BCUT2D eigenvalue weighted by atomic mass is 10.5. The maximum atomic E-state index is 5.81. The number of alkyl halides is 4. The first-order valence-corrected chi connectivity index (χ1v) is 9.27. The predicted octanol–water partition coefficient (Wildman–Crippen LogP) is 4.87. The van der Waals surface area contributed by atoms with Crippen LogP contribution in [0.3, 0.4) is 0 Å². The Kier molecular flexibility index (Phi) is 10.2. The molecule has 0 radical (unpaired) electrons. The molecule has 0 heterocycles. The average molecular weight is 354 g/mol. The van der Waals surface area contributed by atoms with Gasteiger partial charge in [-0.15, -0.1) is 46.4 Å². The van der Waals surface area contributed by atoms with E-state index in [-0.39, 0.29) is 13.2 Å². The third kappa shape index (κ3) is 12.3. The van der Waals surface area contributed by atoms with Gasteiger partial charge in [-0.3, -0.25) is 0 Å². The smallest absolute Gasteiger partial charge is 0.281 e. The topological polar surface area (TPSA) is 18.5 Å². The van der Waals surface area contributed by atoms with Crippen molar-refractivity contribution in [2.75, 3.05) is 13.2 Å². The number of hydrogen-bond donors (Lipinski definition) is 0. The molecule has 0 aliphatic rings. The molecular formula is C6H10Cl5O2PS. The molecular weight excluding hydrogens is 344 g/mol. The highest BCUT2D eigenvalue weighted by molar-refractivity contribution is 8.22. The highest BCUT2D eigenvalue weighted by atomic mass is 35.7. The van der Waals surface area contributed by atoms with Gasteiger partial charge in [0.1, 0.15) is 9.67 Å². The highest BCUT2D eigenvalue weighted by Crippen LogP contribution is 2.54. The van der Waals surface area contributed by atoms with Crippen LogP contribution in [-0.4, -0.2) is 22.9 Å². The quantitative estimate of drug-likeness (QED) is 0.458. The molecule has 0 aromatic heterocycles. The number of rotatable bonds is 8. The van der Waals surface area contributed by atoms with Crippen LogP contribution in [-0.2, 0) is 20.9 Å². The molecule has 0 spiro atoms. The van der Waals surface area contributed by atoms with E-state index in [1.54, 1.807) is 0 Å². The van der Waals surface area contributed by atoms with E-state index in [0.29, 0.717) is 12.8 Å². The van der Waals surface area contributed by atoms with E-state index in [0.717, 1.165) is 0 Å². The molecule has 0 rings (SSSR count). The highest BCUT2D eigenvalue weighted by Gasteiger charge is 2.16. The van der Waals surface area contributed by atoms with Crippen molar-refractivity contribution in [3.8, 4) is 0 Å². The fourth-order valence-corrected chi connectivity index (χ4v) is 2.48. The van der Waals surface area contributed by atoms with Gasteiger partial charge < -0.3 is 9.05 Å². The van der Waals surface area contributed by atoms with Gasteiger partial charge in [0.15, 0.2) is 0 Å². The molecule has 92 valence electrons. The zero-order valence-corrected chi connectivity index (χ0v) is 13.0. The average Bonchev–Trinajstić information content (AvgIpc) is 2.01. The Bertz CT molecular complexity index is 198. The third-order valence-corrected chi connectivity index (χ3v) is 4.24. The summed E-state index contributed by atoms with van der Waals surface area (Å²) in [6, 6.07) is 0. The maximum Gasteiger partial charge on any atom is 0.281 e. The van der Waals surface area contributed by atoms with E-state index in [1.165, 1.54) is 0 Å². The SMILES string of the molecule is S=P(Cl)(OCCC(Cl)Cl)OCCC(Cl)Cl. The molecule has 0 N–H and O–H groups in total. The van der Waals surface area contributed by atoms with Gasteiger partial charge in [0.2, 0.25) is 0 Å². The van der Waals surface area contributed by atoms with Crippen molar-refractivity contribution >= 4 is 75.3 Å². The van der Waals surface area contributed by atoms with Gasteiger partial charge >= 0.3 is 0 Å². The lowest BCUT2D eigenvalue weighted by Gasteiger charge is -2.15. The van der Waals surface area contributed by atoms with E-state index in [4.69, 9.17) is 78.5 Å². The molecule has 0 amide bonds. The molecule has 0 aliphatic carbocycles. The molecule has 0 unspecified atom stereocenters. The van der Waals surface area contributed by atoms with Gasteiger partial charge in [-0.1, -0.05) is 0 Å². The zero-order chi connectivity index (χ0) is 11.9. The first-order chi connectivity index (χ1) is 6.83. The van der Waals surface area contributed by atoms with Crippen LogP contribution in [0.15, 0.2) is 0 Å². The molecule has 0 aromatic carbocycles. The monoisotopic (exact) mass is 352 g/mol. The van der Waals surface area contributed by atoms with Crippen LogP contribution in [0.2, 0.25) is 0 Å². The summed E-state index contributed by atoms with van der Waals surface area (Å²) in [4.78, 5) is -0.988. The van der Waals surface area contributed by atoms with Crippen molar-refractivity contribution in [3.05, 3.63) is 0 Å². The van der Waals surface area contributed by atoms with E-state index in [1.807, 2.05) is 0 Å². The first kappa shape index (κ1) is 17.0. The minimum atomic E-state index is -2.73. The van der Waals surface area contributed by atoms with Crippen molar-refractivity contribution in [1.29, 1.82) is 0 Å². The van der Waals surface area contributed by atoms with Crippen LogP contribution in [0, 0.1) is 0 Å². The molecule has 0 aromatic rings. The van der Waals surface area contributed by atoms with E-state index in [2.05, 4.69) is 0 Å². The normalized spacial score (nSPS) is 12.7. The van der Waals surface area contributed by atoms with Gasteiger partial charge in [-0.05, 0) is 23.0 Å². The third-order valence-electron chi connectivity index (χ3n) is 1.16. The van der Waals surface area contributed by atoms with Gasteiger partial charge in [0.25, 0.3) is 5.84 Å². The Labute approximate surface area is 119 Å². The minimum Gasteiger partial charge on any atom is -0.318 e. The summed E-state index contributed by atoms with van der Waals surface area (Å²) in [6.07, 6.45) is 0.899. The molecule has 0 saturated heterocycles. The van der Waals surface area contributed by atoms with Crippen LogP contribution < -0.4 is 0 Å². The summed E-state index contributed by atoms with van der Waals surface area (Å²) >= 11 is 32.7. The number of halogens is 5. The van der Waals surface area contributed by atoms with Gasteiger partial charge in [0.05, 0.1) is 13.2 Å². The summed E-state index contributed by atoms with van der Waals surface area (Å²) in [6.45, 7) is 0.535. The Morgan fingerprint density at radius 1 is 0.933 bits per heavy atom. The minimum absolute atomic E-state index is 0.267. The van der Waals surface area contributed by atoms with Crippen molar-refractivity contribution < 1.29 is 9.05 Å². The van der Waals surface area contributed by atoms with Gasteiger partial charge in [0, 0.05) is 12.8 Å². The van der Waals surface area contributed by atoms with E-state index < -0.39 is 15.5 Å². The first-order valence-electron chi connectivity index (χ1n) is 3.98. The van der Waals surface area contributed by atoms with Crippen LogP contribution in [0.1, 0.15) is 12.8 Å². The summed E-state index contributed by atoms with van der Waals surface area (Å²) in [5, 5.41) is 0. The molecule has 0 aliphatic heterocycles. The van der Waals surface area contributed by atoms with Crippen molar-refractivity contribution in [2.45, 2.75) is 22.5 Å². The lowest BCUT2D eigenvalue weighted by Crippen LogP contribution is -2.00. The van der Waals surface area contributed by atoms with Gasteiger partial charge in [-0.2, -0.15) is 0 Å². The molecule has 0 fully saturated rings. The van der Waals surface area contributed by atoms with E-state index in [9.17, 15) is 0 Å². The lowest BCUT2D eigenvalue weighted by molar-refractivity contribution is 0.257. The molecule has 0 bridgehead atoms. The Morgan fingerprint density at radius 3 is 1.53 bits per heavy atom. The summed E-state index contributed by atoms with van der Waals surface area (Å²) in [5.74, 6) is -2.73. The Hall–Kier alpha value is 2.02. The summed E-state index contributed by atoms with van der Waals surface area (Å²) in [5.41, 5.74) is 0. The van der Waals surface area contributed by atoms with Crippen LogP contribution >= 0.6 is 63.5 Å². The van der Waals surface area contributed by atoms with E-state index >= 15 is 0 Å². The molecule has 0 atom stereocenters. The van der Waals surface area contributed by atoms with Crippen molar-refractivity contribution in [3.63, 3.8) is 0 Å². The summed E-state index contributed by atoms with van der Waals surface area (Å²) < 4.78 is 10.3. The largest absolute Gasteiger partial charge is 0.318 e. The Balaban J connectivity index is 3.63. The fourth-order valence-electron chi connectivity index (χ4n) is 0.539. The Morgan fingerprint density at radius 2 is 1.27 bits per heavy atom. The summed E-state index contributed by atoms with van der Waals surface area (Å²) in [7, 11) is 0. The van der Waals surface area contributed by atoms with Gasteiger partial charge in [-0.25, -0.2) is 0 Å². The van der Waals surface area contributed by atoms with Crippen LogP contribution in [0.5, 0.6) is 0 Å². The number of hydrogen-bond acceptors (Lipinski definition) is 3. The van der Waals surface area contributed by atoms with Crippen LogP contribution in [0.25, 0.3) is 0 Å². The maximum absolute atomic E-state index is 5.81.